The van der Waals surface area contributed by atoms with Crippen LogP contribution in [0.2, 0.25) is 0 Å². The molecular weight excluding hydrogens is 230 g/mol. The van der Waals surface area contributed by atoms with Crippen molar-refractivity contribution in [1.82, 2.24) is 5.32 Å². The molecule has 0 atom stereocenters. The van der Waals surface area contributed by atoms with E-state index in [2.05, 4.69) is 23.7 Å². The molecule has 1 aromatic carbocycles. The van der Waals surface area contributed by atoms with Crippen LogP contribution in [0.3, 0.4) is 0 Å². The number of hydrogen-bond acceptors (Lipinski definition) is 3. The van der Waals surface area contributed by atoms with Crippen LogP contribution in [0, 0.1) is 0 Å². The molecule has 0 aliphatic rings. The maximum Gasteiger partial charge on any atom is 0.118 e. The fourth-order valence-electron chi connectivity index (χ4n) is 1.65. The number of methoxy groups -OCH3 is 1. The van der Waals surface area contributed by atoms with Crippen molar-refractivity contribution >= 4 is 11.8 Å². The maximum absolute atomic E-state index is 5.13. The highest BCUT2D eigenvalue weighted by molar-refractivity contribution is 7.98. The smallest absolute Gasteiger partial charge is 0.118 e. The topological polar surface area (TPSA) is 21.3 Å². The minimum Gasteiger partial charge on any atom is -0.497 e. The Balaban J connectivity index is 2.05. The highest BCUT2D eigenvalue weighted by Gasteiger charge is 1.94. The van der Waals surface area contributed by atoms with E-state index in [4.69, 9.17) is 4.74 Å². The first-order valence-electron chi connectivity index (χ1n) is 6.19. The van der Waals surface area contributed by atoms with Crippen molar-refractivity contribution in [2.75, 3.05) is 32.2 Å². The van der Waals surface area contributed by atoms with Crippen molar-refractivity contribution in [2.45, 2.75) is 19.3 Å². The lowest BCUT2D eigenvalue weighted by molar-refractivity contribution is 0.414. The predicted octanol–water partition coefficient (Wildman–Crippen LogP) is 2.97. The van der Waals surface area contributed by atoms with E-state index in [0.717, 1.165) is 25.3 Å². The monoisotopic (exact) mass is 253 g/mol. The third-order valence-corrected chi connectivity index (χ3v) is 3.40. The first kappa shape index (κ1) is 14.4. The van der Waals surface area contributed by atoms with Crippen LogP contribution in [0.4, 0.5) is 0 Å². The van der Waals surface area contributed by atoms with Gasteiger partial charge in [-0.15, -0.1) is 0 Å². The van der Waals surface area contributed by atoms with Crippen LogP contribution in [-0.4, -0.2) is 32.2 Å². The van der Waals surface area contributed by atoms with Crippen LogP contribution in [-0.2, 0) is 6.42 Å². The van der Waals surface area contributed by atoms with Gasteiger partial charge in [0.15, 0.2) is 0 Å². The van der Waals surface area contributed by atoms with Crippen molar-refractivity contribution in [2.24, 2.45) is 0 Å². The zero-order valence-corrected chi connectivity index (χ0v) is 11.7. The van der Waals surface area contributed by atoms with Gasteiger partial charge in [0.25, 0.3) is 0 Å². The highest BCUT2D eigenvalue weighted by Crippen LogP contribution is 2.11. The number of rotatable bonds is 9. The van der Waals surface area contributed by atoms with Crippen molar-refractivity contribution in [3.05, 3.63) is 29.8 Å². The maximum atomic E-state index is 5.13. The average molecular weight is 253 g/mol. The molecule has 0 radical (unpaired) electrons. The molecule has 0 aliphatic heterocycles. The minimum atomic E-state index is 0.929. The SMILES string of the molecule is COc1ccc(CCNCCCCSC)cc1. The lowest BCUT2D eigenvalue weighted by Gasteiger charge is -2.05. The molecule has 0 bridgehead atoms. The van der Waals surface area contributed by atoms with Crippen LogP contribution < -0.4 is 10.1 Å². The average Bonchev–Trinajstić information content (AvgIpc) is 2.38. The van der Waals surface area contributed by atoms with Gasteiger partial charge in [0.2, 0.25) is 0 Å². The zero-order chi connectivity index (χ0) is 12.3. The molecule has 0 fully saturated rings. The van der Waals surface area contributed by atoms with E-state index >= 15 is 0 Å². The first-order chi connectivity index (χ1) is 8.36. The van der Waals surface area contributed by atoms with Crippen molar-refractivity contribution in [3.8, 4) is 5.75 Å². The number of thioether (sulfide) groups is 1. The molecule has 0 heterocycles. The van der Waals surface area contributed by atoms with Gasteiger partial charge in [0.05, 0.1) is 7.11 Å². The van der Waals surface area contributed by atoms with Gasteiger partial charge in [-0.1, -0.05) is 12.1 Å². The molecule has 1 aromatic rings. The van der Waals surface area contributed by atoms with Gasteiger partial charge in [0, 0.05) is 0 Å². The summed E-state index contributed by atoms with van der Waals surface area (Å²) in [4.78, 5) is 0. The number of unbranched alkanes of at least 4 members (excludes halogenated alkanes) is 1. The summed E-state index contributed by atoms with van der Waals surface area (Å²) < 4.78 is 5.13. The molecule has 96 valence electrons. The normalized spacial score (nSPS) is 10.5. The molecule has 0 spiro atoms. The second kappa shape index (κ2) is 9.37. The predicted molar refractivity (Wildman–Crippen MR) is 77.2 cm³/mol. The third kappa shape index (κ3) is 6.59. The molecule has 0 aromatic heterocycles. The van der Waals surface area contributed by atoms with Gasteiger partial charge in [-0.05, 0) is 62.1 Å². The number of nitrogens with one attached hydrogen (secondary N) is 1. The summed E-state index contributed by atoms with van der Waals surface area (Å²) in [6.45, 7) is 2.20. The zero-order valence-electron chi connectivity index (χ0n) is 10.9. The van der Waals surface area contributed by atoms with E-state index in [1.54, 1.807) is 7.11 Å². The molecule has 3 heteroatoms. The summed E-state index contributed by atoms with van der Waals surface area (Å²) >= 11 is 1.93. The quantitative estimate of drug-likeness (QED) is 0.684. The Morgan fingerprint density at radius 2 is 1.88 bits per heavy atom. The molecule has 17 heavy (non-hydrogen) atoms. The van der Waals surface area contributed by atoms with Crippen molar-refractivity contribution in [1.29, 1.82) is 0 Å². The first-order valence-corrected chi connectivity index (χ1v) is 7.59. The van der Waals surface area contributed by atoms with Gasteiger partial charge in [-0.25, -0.2) is 0 Å². The Bertz CT molecular complexity index is 287. The second-order valence-electron chi connectivity index (χ2n) is 4.05. The molecule has 2 nitrogen and oxygen atoms in total. The number of benzene rings is 1. The Kier molecular flexibility index (Phi) is 7.93. The van der Waals surface area contributed by atoms with E-state index < -0.39 is 0 Å². The molecule has 0 unspecified atom stereocenters. The molecule has 0 aliphatic carbocycles. The van der Waals surface area contributed by atoms with Gasteiger partial charge < -0.3 is 10.1 Å². The number of ether oxygens (including phenoxy) is 1. The van der Waals surface area contributed by atoms with E-state index in [9.17, 15) is 0 Å². The Labute approximate surface area is 109 Å². The van der Waals surface area contributed by atoms with Crippen LogP contribution >= 0.6 is 11.8 Å². The van der Waals surface area contributed by atoms with Crippen LogP contribution in [0.15, 0.2) is 24.3 Å². The van der Waals surface area contributed by atoms with Gasteiger partial charge in [-0.2, -0.15) is 11.8 Å². The Hall–Kier alpha value is -0.670. The molecule has 0 amide bonds. The summed E-state index contributed by atoms with van der Waals surface area (Å²) in [6, 6.07) is 8.31. The molecule has 0 saturated heterocycles. The Morgan fingerprint density at radius 1 is 1.12 bits per heavy atom. The highest BCUT2D eigenvalue weighted by atomic mass is 32.2. The summed E-state index contributed by atoms with van der Waals surface area (Å²) in [5, 5.41) is 3.48. The summed E-state index contributed by atoms with van der Waals surface area (Å²) in [5.74, 6) is 2.21. The van der Waals surface area contributed by atoms with Gasteiger partial charge in [0.1, 0.15) is 5.75 Å². The fourth-order valence-corrected chi connectivity index (χ4v) is 2.14. The van der Waals surface area contributed by atoms with E-state index in [1.807, 2.05) is 23.9 Å². The summed E-state index contributed by atoms with van der Waals surface area (Å²) in [5.41, 5.74) is 1.36. The third-order valence-electron chi connectivity index (χ3n) is 2.70. The van der Waals surface area contributed by atoms with E-state index in [0.29, 0.717) is 0 Å². The lowest BCUT2D eigenvalue weighted by atomic mass is 10.1. The van der Waals surface area contributed by atoms with E-state index in [1.165, 1.54) is 24.2 Å². The molecule has 1 rings (SSSR count). The van der Waals surface area contributed by atoms with Crippen LogP contribution in [0.1, 0.15) is 18.4 Å². The van der Waals surface area contributed by atoms with Gasteiger partial charge in [-0.3, -0.25) is 0 Å². The fraction of sp³-hybridized carbons (Fsp3) is 0.571. The standard InChI is InChI=1S/C14H23NOS/c1-16-14-7-5-13(6-8-14)9-11-15-10-3-4-12-17-2/h5-8,15H,3-4,9-12H2,1-2H3. The van der Waals surface area contributed by atoms with Crippen molar-refractivity contribution in [3.63, 3.8) is 0 Å². The van der Waals surface area contributed by atoms with Crippen LogP contribution in [0.5, 0.6) is 5.75 Å². The van der Waals surface area contributed by atoms with E-state index in [-0.39, 0.29) is 0 Å². The summed E-state index contributed by atoms with van der Waals surface area (Å²) in [7, 11) is 1.70. The Morgan fingerprint density at radius 3 is 2.53 bits per heavy atom. The van der Waals surface area contributed by atoms with Crippen LogP contribution in [0.25, 0.3) is 0 Å². The lowest BCUT2D eigenvalue weighted by Crippen LogP contribution is -2.18. The molecule has 0 saturated carbocycles. The minimum absolute atomic E-state index is 0.929. The molecule has 1 N–H and O–H groups in total. The van der Waals surface area contributed by atoms with Gasteiger partial charge >= 0.3 is 0 Å². The van der Waals surface area contributed by atoms with Crippen molar-refractivity contribution < 1.29 is 4.74 Å². The molecular formula is C14H23NOS. The largest absolute Gasteiger partial charge is 0.497 e. The summed E-state index contributed by atoms with van der Waals surface area (Å²) in [6.07, 6.45) is 5.85. The number of hydrogen-bond donors (Lipinski definition) is 1. The second-order valence-corrected chi connectivity index (χ2v) is 5.03.